The highest BCUT2D eigenvalue weighted by atomic mass is 35.5. The summed E-state index contributed by atoms with van der Waals surface area (Å²) in [4.78, 5) is 11.7. The molecule has 1 amide bonds. The van der Waals surface area contributed by atoms with E-state index >= 15 is 0 Å². The lowest BCUT2D eigenvalue weighted by Gasteiger charge is -2.14. The zero-order valence-corrected chi connectivity index (χ0v) is 12.5. The molecule has 1 fully saturated rings. The molecular formula is C12H16Cl2N2O2S. The summed E-state index contributed by atoms with van der Waals surface area (Å²) in [5.74, 6) is 1.52. The van der Waals surface area contributed by atoms with Crippen LogP contribution in [-0.2, 0) is 4.79 Å². The number of nitrogens with one attached hydrogen (secondary N) is 2. The van der Waals surface area contributed by atoms with Gasteiger partial charge >= 0.3 is 0 Å². The van der Waals surface area contributed by atoms with Gasteiger partial charge in [0.25, 0.3) is 0 Å². The van der Waals surface area contributed by atoms with Crippen LogP contribution in [0.15, 0.2) is 24.3 Å². The number of carbonyl (C=O) groups is 1. The maximum Gasteiger partial charge on any atom is 0.238 e. The molecule has 4 nitrogen and oxygen atoms in total. The molecule has 1 aliphatic rings. The molecule has 1 heterocycles. The van der Waals surface area contributed by atoms with Crippen molar-refractivity contribution in [2.24, 2.45) is 0 Å². The van der Waals surface area contributed by atoms with Crippen LogP contribution in [-0.4, -0.2) is 35.2 Å². The largest absolute Gasteiger partial charge is 0.387 e. The first-order valence-corrected chi connectivity index (χ1v) is 7.22. The van der Waals surface area contributed by atoms with Gasteiger partial charge in [-0.3, -0.25) is 10.1 Å². The summed E-state index contributed by atoms with van der Waals surface area (Å²) in [7, 11) is 0. The van der Waals surface area contributed by atoms with Crippen LogP contribution in [0, 0.1) is 0 Å². The lowest BCUT2D eigenvalue weighted by molar-refractivity contribution is -0.122. The SMILES string of the molecule is Cl.O=C(NCC(O)c1ccc(Cl)cc1)C1CSCN1. The summed E-state index contributed by atoms with van der Waals surface area (Å²) in [5.41, 5.74) is 0.744. The van der Waals surface area contributed by atoms with Gasteiger partial charge in [-0.05, 0) is 17.7 Å². The Kier molecular flexibility index (Phi) is 6.96. The fraction of sp³-hybridized carbons (Fsp3) is 0.417. The Labute approximate surface area is 127 Å². The smallest absolute Gasteiger partial charge is 0.238 e. The zero-order valence-electron chi connectivity index (χ0n) is 10.1. The lowest BCUT2D eigenvalue weighted by atomic mass is 10.1. The van der Waals surface area contributed by atoms with Crippen molar-refractivity contribution in [3.8, 4) is 0 Å². The topological polar surface area (TPSA) is 61.4 Å². The van der Waals surface area contributed by atoms with Gasteiger partial charge in [0, 0.05) is 23.2 Å². The number of rotatable bonds is 4. The highest BCUT2D eigenvalue weighted by molar-refractivity contribution is 7.99. The van der Waals surface area contributed by atoms with E-state index in [1.807, 2.05) is 0 Å². The van der Waals surface area contributed by atoms with Gasteiger partial charge in [0.1, 0.15) is 0 Å². The molecule has 106 valence electrons. The van der Waals surface area contributed by atoms with E-state index < -0.39 is 6.10 Å². The molecule has 2 unspecified atom stereocenters. The average molecular weight is 323 g/mol. The van der Waals surface area contributed by atoms with Crippen molar-refractivity contribution in [3.63, 3.8) is 0 Å². The van der Waals surface area contributed by atoms with Crippen LogP contribution in [0.5, 0.6) is 0 Å². The normalized spacial score (nSPS) is 19.6. The molecule has 0 spiro atoms. The number of halogens is 2. The number of aliphatic hydroxyl groups is 1. The van der Waals surface area contributed by atoms with Gasteiger partial charge in [0.15, 0.2) is 0 Å². The highest BCUT2D eigenvalue weighted by Gasteiger charge is 2.22. The Morgan fingerprint density at radius 2 is 2.21 bits per heavy atom. The summed E-state index contributed by atoms with van der Waals surface area (Å²) in [6.07, 6.45) is -0.708. The maximum absolute atomic E-state index is 11.7. The third-order valence-electron chi connectivity index (χ3n) is 2.76. The summed E-state index contributed by atoms with van der Waals surface area (Å²) >= 11 is 7.46. The second kappa shape index (κ2) is 7.97. The van der Waals surface area contributed by atoms with E-state index in [1.165, 1.54) is 0 Å². The fourth-order valence-corrected chi connectivity index (χ4v) is 2.75. The molecule has 0 bridgehead atoms. The minimum atomic E-state index is -0.708. The Morgan fingerprint density at radius 1 is 1.53 bits per heavy atom. The molecule has 1 aliphatic heterocycles. The molecule has 0 aromatic heterocycles. The number of thioether (sulfide) groups is 1. The molecule has 2 rings (SSSR count). The first-order valence-electron chi connectivity index (χ1n) is 5.69. The maximum atomic E-state index is 11.7. The minimum absolute atomic E-state index is 0. The van der Waals surface area contributed by atoms with Gasteiger partial charge in [0.05, 0.1) is 12.1 Å². The second-order valence-electron chi connectivity index (χ2n) is 4.08. The molecule has 0 aliphatic carbocycles. The summed E-state index contributed by atoms with van der Waals surface area (Å²) in [6.45, 7) is 0.212. The molecule has 7 heteroatoms. The molecule has 0 radical (unpaired) electrons. The number of hydrogen-bond donors (Lipinski definition) is 3. The van der Waals surface area contributed by atoms with Crippen LogP contribution in [0.4, 0.5) is 0 Å². The van der Waals surface area contributed by atoms with Crippen LogP contribution in [0.2, 0.25) is 5.02 Å². The van der Waals surface area contributed by atoms with Crippen LogP contribution in [0.1, 0.15) is 11.7 Å². The molecule has 1 saturated heterocycles. The van der Waals surface area contributed by atoms with Gasteiger partial charge in [-0.25, -0.2) is 0 Å². The predicted octanol–water partition coefficient (Wildman–Crippen LogP) is 1.57. The van der Waals surface area contributed by atoms with E-state index in [0.29, 0.717) is 5.02 Å². The van der Waals surface area contributed by atoms with E-state index in [9.17, 15) is 9.90 Å². The Morgan fingerprint density at radius 3 is 2.79 bits per heavy atom. The van der Waals surface area contributed by atoms with Crippen molar-refractivity contribution >= 4 is 41.7 Å². The van der Waals surface area contributed by atoms with E-state index in [-0.39, 0.29) is 30.9 Å². The molecule has 1 aromatic rings. The van der Waals surface area contributed by atoms with E-state index in [4.69, 9.17) is 11.6 Å². The van der Waals surface area contributed by atoms with E-state index in [2.05, 4.69) is 10.6 Å². The van der Waals surface area contributed by atoms with Crippen LogP contribution < -0.4 is 10.6 Å². The van der Waals surface area contributed by atoms with Crippen molar-refractivity contribution in [1.82, 2.24) is 10.6 Å². The second-order valence-corrected chi connectivity index (χ2v) is 5.55. The minimum Gasteiger partial charge on any atom is -0.387 e. The third-order valence-corrected chi connectivity index (χ3v) is 3.95. The standard InChI is InChI=1S/C12H15ClN2O2S.ClH/c13-9-3-1-8(2-4-9)11(16)5-14-12(17)10-6-18-7-15-10;/h1-4,10-11,15-16H,5-7H2,(H,14,17);1H. The van der Waals surface area contributed by atoms with Crippen molar-refractivity contribution in [3.05, 3.63) is 34.9 Å². The van der Waals surface area contributed by atoms with Gasteiger partial charge in [-0.2, -0.15) is 0 Å². The zero-order chi connectivity index (χ0) is 13.0. The summed E-state index contributed by atoms with van der Waals surface area (Å²) < 4.78 is 0. The van der Waals surface area contributed by atoms with Crippen LogP contribution in [0.3, 0.4) is 0 Å². The van der Waals surface area contributed by atoms with Gasteiger partial charge in [0.2, 0.25) is 5.91 Å². The molecular weight excluding hydrogens is 307 g/mol. The van der Waals surface area contributed by atoms with Crippen LogP contribution >= 0.6 is 35.8 Å². The summed E-state index contributed by atoms with van der Waals surface area (Å²) in [5, 5.41) is 16.4. The molecule has 2 atom stereocenters. The quantitative estimate of drug-likeness (QED) is 0.787. The third kappa shape index (κ3) is 4.85. The molecule has 1 aromatic carbocycles. The molecule has 3 N–H and O–H groups in total. The Balaban J connectivity index is 0.00000180. The number of benzene rings is 1. The van der Waals surface area contributed by atoms with E-state index in [1.54, 1.807) is 36.0 Å². The fourth-order valence-electron chi connectivity index (χ4n) is 1.69. The van der Waals surface area contributed by atoms with Crippen molar-refractivity contribution in [1.29, 1.82) is 0 Å². The number of carbonyl (C=O) groups excluding carboxylic acids is 1. The highest BCUT2D eigenvalue weighted by Crippen LogP contribution is 2.16. The van der Waals surface area contributed by atoms with Crippen molar-refractivity contribution < 1.29 is 9.90 Å². The predicted molar refractivity (Wildman–Crippen MR) is 80.9 cm³/mol. The van der Waals surface area contributed by atoms with Crippen molar-refractivity contribution in [2.75, 3.05) is 18.2 Å². The number of aliphatic hydroxyl groups excluding tert-OH is 1. The monoisotopic (exact) mass is 322 g/mol. The average Bonchev–Trinajstić information content (AvgIpc) is 2.90. The lowest BCUT2D eigenvalue weighted by Crippen LogP contribution is -2.43. The Hall–Kier alpha value is -0.460. The van der Waals surface area contributed by atoms with Gasteiger partial charge in [-0.15, -0.1) is 24.2 Å². The van der Waals surface area contributed by atoms with Gasteiger partial charge in [-0.1, -0.05) is 23.7 Å². The van der Waals surface area contributed by atoms with Crippen LogP contribution in [0.25, 0.3) is 0 Å². The van der Waals surface area contributed by atoms with E-state index in [0.717, 1.165) is 17.2 Å². The van der Waals surface area contributed by atoms with Crippen molar-refractivity contribution in [2.45, 2.75) is 12.1 Å². The number of hydrogen-bond acceptors (Lipinski definition) is 4. The van der Waals surface area contributed by atoms with Gasteiger partial charge < -0.3 is 10.4 Å². The summed E-state index contributed by atoms with van der Waals surface area (Å²) in [6, 6.07) is 6.80. The molecule has 19 heavy (non-hydrogen) atoms. The molecule has 0 saturated carbocycles. The first kappa shape index (κ1) is 16.6. The first-order chi connectivity index (χ1) is 8.66. The Bertz CT molecular complexity index is 411. The number of amides is 1.